The van der Waals surface area contributed by atoms with Crippen LogP contribution in [0, 0.1) is 5.92 Å². The zero-order valence-electron chi connectivity index (χ0n) is 26.8. The first kappa shape index (κ1) is 37.0. The Morgan fingerprint density at radius 3 is 2.26 bits per heavy atom. The van der Waals surface area contributed by atoms with Crippen LogP contribution in [0.3, 0.4) is 0 Å². The molecule has 2 amide bonds. The molecule has 8 nitrogen and oxygen atoms in total. The van der Waals surface area contributed by atoms with Gasteiger partial charge in [-0.05, 0) is 65.5 Å². The molecule has 0 spiro atoms. The zero-order valence-corrected chi connectivity index (χ0v) is 28.4. The molecule has 2 saturated heterocycles. The van der Waals surface area contributed by atoms with Crippen molar-refractivity contribution in [2.24, 2.45) is 5.92 Å². The van der Waals surface area contributed by atoms with Crippen LogP contribution < -0.4 is 10.6 Å². The van der Waals surface area contributed by atoms with Crippen LogP contribution in [0.25, 0.3) is 0 Å². The highest BCUT2D eigenvalue weighted by Gasteiger charge is 2.41. The number of rotatable bonds is 9. The van der Waals surface area contributed by atoms with E-state index in [1.807, 2.05) is 41.3 Å². The average Bonchev–Trinajstić information content (AvgIpc) is 3.44. The van der Waals surface area contributed by atoms with Crippen molar-refractivity contribution >= 4 is 41.1 Å². The normalized spacial score (nSPS) is 20.1. The lowest BCUT2D eigenvalue weighted by Crippen LogP contribution is -2.61. The fourth-order valence-electron chi connectivity index (χ4n) is 6.84. The minimum atomic E-state index is -5.08. The maximum atomic E-state index is 13.9. The number of piperazine rings is 1. The second-order valence-electron chi connectivity index (χ2n) is 12.8. The first-order valence-electron chi connectivity index (χ1n) is 16.0. The van der Waals surface area contributed by atoms with Crippen LogP contribution in [0.2, 0.25) is 5.02 Å². The Balaban J connectivity index is 0.000000644. The Morgan fingerprint density at radius 1 is 1.04 bits per heavy atom. The molecule has 1 unspecified atom stereocenters. The Hall–Kier alpha value is -2.80. The Labute approximate surface area is 283 Å². The monoisotopic (exact) mass is 696 g/mol. The average molecular weight is 697 g/mol. The number of amides is 2. The molecule has 2 aromatic carbocycles. The topological polar surface area (TPSA) is 102 Å². The lowest BCUT2D eigenvalue weighted by molar-refractivity contribution is -0.192. The van der Waals surface area contributed by atoms with Crippen molar-refractivity contribution in [2.45, 2.75) is 76.3 Å². The van der Waals surface area contributed by atoms with E-state index in [2.05, 4.69) is 53.3 Å². The fraction of sp³-hybridized carbons (Fsp3) is 0.559. The number of fused-ring (bicyclic) bond motifs is 1. The number of nitrogens with one attached hydrogen (secondary N) is 2. The third kappa shape index (κ3) is 10.3. The van der Waals surface area contributed by atoms with Crippen molar-refractivity contribution in [2.75, 3.05) is 37.7 Å². The number of thioether (sulfide) groups is 1. The number of carboxylic acids is 1. The van der Waals surface area contributed by atoms with Crippen LogP contribution in [-0.4, -0.2) is 88.1 Å². The second kappa shape index (κ2) is 16.5. The van der Waals surface area contributed by atoms with E-state index in [1.54, 1.807) is 0 Å². The maximum absolute atomic E-state index is 13.9. The Kier molecular flexibility index (Phi) is 13.0. The number of alkyl halides is 3. The van der Waals surface area contributed by atoms with E-state index in [9.17, 15) is 22.8 Å². The van der Waals surface area contributed by atoms with Crippen molar-refractivity contribution in [1.82, 2.24) is 20.4 Å². The van der Waals surface area contributed by atoms with Gasteiger partial charge in [0.05, 0.1) is 0 Å². The van der Waals surface area contributed by atoms with Gasteiger partial charge in [-0.3, -0.25) is 14.5 Å². The summed E-state index contributed by atoms with van der Waals surface area (Å²) >= 11 is 8.18. The van der Waals surface area contributed by atoms with Gasteiger partial charge in [0.25, 0.3) is 0 Å². The van der Waals surface area contributed by atoms with Gasteiger partial charge in [-0.25, -0.2) is 4.79 Å². The minimum Gasteiger partial charge on any atom is -0.475 e. The van der Waals surface area contributed by atoms with E-state index in [1.165, 1.54) is 41.9 Å². The third-order valence-electron chi connectivity index (χ3n) is 9.06. The van der Waals surface area contributed by atoms with Crippen LogP contribution >= 0.6 is 23.4 Å². The quantitative estimate of drug-likeness (QED) is 0.310. The number of benzene rings is 2. The Morgan fingerprint density at radius 2 is 1.66 bits per heavy atom. The highest BCUT2D eigenvalue weighted by atomic mass is 35.5. The molecule has 0 saturated carbocycles. The van der Waals surface area contributed by atoms with Crippen molar-refractivity contribution in [3.8, 4) is 0 Å². The summed E-state index contributed by atoms with van der Waals surface area (Å²) in [7, 11) is 0. The fourth-order valence-corrected chi connectivity index (χ4v) is 8.22. The number of nitrogens with zero attached hydrogens (tertiary/aromatic N) is 2. The van der Waals surface area contributed by atoms with E-state index in [4.69, 9.17) is 21.5 Å². The smallest absolute Gasteiger partial charge is 0.475 e. The largest absolute Gasteiger partial charge is 0.490 e. The summed E-state index contributed by atoms with van der Waals surface area (Å²) in [4.78, 5) is 40.8. The van der Waals surface area contributed by atoms with Crippen LogP contribution in [-0.2, 0) is 27.3 Å². The summed E-state index contributed by atoms with van der Waals surface area (Å²) in [5, 5.41) is 14.4. The van der Waals surface area contributed by atoms with Crippen molar-refractivity contribution in [1.29, 1.82) is 0 Å². The SMILES string of the molecule is CC(C)CC1(N2CCN(C(=O)[C@@H](Cc3ccc(Cl)cc3)NC(=O)CC3NCc4ccccc43)CC2)CCSCC1.O=C(O)C(F)(F)F. The zero-order chi connectivity index (χ0) is 34.2. The molecule has 3 heterocycles. The van der Waals surface area contributed by atoms with E-state index in [0.29, 0.717) is 36.9 Å². The molecule has 5 rings (SSSR count). The molecule has 2 aromatic rings. The van der Waals surface area contributed by atoms with Crippen LogP contribution in [0.5, 0.6) is 0 Å². The van der Waals surface area contributed by atoms with Gasteiger partial charge in [0, 0.05) is 62.2 Å². The van der Waals surface area contributed by atoms with Gasteiger partial charge in [0.15, 0.2) is 0 Å². The molecule has 3 aliphatic rings. The van der Waals surface area contributed by atoms with Crippen molar-refractivity contribution in [3.63, 3.8) is 0 Å². The third-order valence-corrected chi connectivity index (χ3v) is 10.3. The summed E-state index contributed by atoms with van der Waals surface area (Å²) in [5.74, 6) is 0.258. The van der Waals surface area contributed by atoms with Crippen molar-refractivity contribution < 1.29 is 32.7 Å². The van der Waals surface area contributed by atoms with Gasteiger partial charge >= 0.3 is 12.1 Å². The molecule has 0 aromatic heterocycles. The first-order valence-corrected chi connectivity index (χ1v) is 17.6. The molecular weight excluding hydrogens is 653 g/mol. The van der Waals surface area contributed by atoms with Crippen LogP contribution in [0.1, 0.15) is 62.3 Å². The molecule has 2 atom stereocenters. The molecule has 0 radical (unpaired) electrons. The molecule has 0 bridgehead atoms. The summed E-state index contributed by atoms with van der Waals surface area (Å²) < 4.78 is 31.7. The second-order valence-corrected chi connectivity index (χ2v) is 14.5. The molecule has 0 aliphatic carbocycles. The number of aliphatic carboxylic acids is 1. The number of carbonyl (C=O) groups excluding carboxylic acids is 2. The number of carbonyl (C=O) groups is 3. The van der Waals surface area contributed by atoms with Gasteiger partial charge in [0.2, 0.25) is 11.8 Å². The standard InChI is InChI=1S/C32H43ClN4O2S.C2HF3O2/c1-23(2)21-32(11-17-40-18-12-32)37-15-13-36(14-16-37)31(39)29(19-24-7-9-26(33)10-8-24)35-30(38)20-28-27-6-4-3-5-25(27)22-34-28;3-2(4,5)1(6)7/h3-10,23,28-29,34H,11-22H2,1-2H3,(H,35,38);(H,6,7)/t28?,29-;/m1./s1. The number of carboxylic acid groups (broad SMARTS) is 1. The molecular formula is C34H44ClF3N4O4S. The highest BCUT2D eigenvalue weighted by molar-refractivity contribution is 7.99. The minimum absolute atomic E-state index is 0.0137. The summed E-state index contributed by atoms with van der Waals surface area (Å²) in [5.41, 5.74) is 3.65. The number of hydrogen-bond donors (Lipinski definition) is 3. The first-order chi connectivity index (χ1) is 22.3. The summed E-state index contributed by atoms with van der Waals surface area (Å²) in [6.07, 6.45) is -0.639. The molecule has 3 N–H and O–H groups in total. The van der Waals surface area contributed by atoms with Crippen molar-refractivity contribution in [3.05, 3.63) is 70.2 Å². The Bertz CT molecular complexity index is 1360. The molecule has 258 valence electrons. The lowest BCUT2D eigenvalue weighted by Gasteiger charge is -2.51. The molecule has 2 fully saturated rings. The maximum Gasteiger partial charge on any atom is 0.490 e. The number of hydrogen-bond acceptors (Lipinski definition) is 6. The summed E-state index contributed by atoms with van der Waals surface area (Å²) in [6, 6.07) is 15.2. The lowest BCUT2D eigenvalue weighted by atomic mass is 9.81. The molecule has 3 aliphatic heterocycles. The van der Waals surface area contributed by atoms with Gasteiger partial charge in [-0.15, -0.1) is 0 Å². The van der Waals surface area contributed by atoms with Gasteiger partial charge in [0.1, 0.15) is 6.04 Å². The molecule has 13 heteroatoms. The molecule has 47 heavy (non-hydrogen) atoms. The highest BCUT2D eigenvalue weighted by Crippen LogP contribution is 2.38. The predicted molar refractivity (Wildman–Crippen MR) is 178 cm³/mol. The van der Waals surface area contributed by atoms with E-state index >= 15 is 0 Å². The van der Waals surface area contributed by atoms with Gasteiger partial charge in [-0.1, -0.05) is 61.8 Å². The van der Waals surface area contributed by atoms with Gasteiger partial charge in [-0.2, -0.15) is 24.9 Å². The van der Waals surface area contributed by atoms with E-state index in [0.717, 1.165) is 25.2 Å². The summed E-state index contributed by atoms with van der Waals surface area (Å²) in [6.45, 7) is 8.62. The number of halogens is 4. The van der Waals surface area contributed by atoms with E-state index < -0.39 is 18.2 Å². The van der Waals surface area contributed by atoms with E-state index in [-0.39, 0.29) is 23.4 Å². The predicted octanol–water partition coefficient (Wildman–Crippen LogP) is 5.69. The van der Waals surface area contributed by atoms with Gasteiger partial charge < -0.3 is 20.6 Å². The van der Waals surface area contributed by atoms with Crippen LogP contribution in [0.15, 0.2) is 48.5 Å². The van der Waals surface area contributed by atoms with Crippen LogP contribution in [0.4, 0.5) is 13.2 Å².